The van der Waals surface area contributed by atoms with E-state index in [1.54, 1.807) is 11.3 Å². The molecule has 0 saturated heterocycles. The van der Waals surface area contributed by atoms with Crippen molar-refractivity contribution in [3.63, 3.8) is 0 Å². The number of carbonyl (C=O) groups excluding carboxylic acids is 1. The molecule has 1 aromatic carbocycles. The van der Waals surface area contributed by atoms with E-state index in [1.165, 1.54) is 22.2 Å². The molecule has 3 aromatic rings. The monoisotopic (exact) mass is 414 g/mol. The number of carbonyl (C=O) groups is 1. The number of aryl methyl sites for hydroxylation is 1. The predicted molar refractivity (Wildman–Crippen MR) is 118 cm³/mol. The molecule has 0 spiro atoms. The summed E-state index contributed by atoms with van der Waals surface area (Å²) < 4.78 is 2.11. The molecule has 28 heavy (non-hydrogen) atoms. The molecule has 0 bridgehead atoms. The van der Waals surface area contributed by atoms with Crippen LogP contribution in [0.1, 0.15) is 50.1 Å². The minimum Gasteiger partial charge on any atom is -0.325 e. The number of aromatic nitrogens is 3. The first-order chi connectivity index (χ1) is 13.3. The maximum absolute atomic E-state index is 12.3. The van der Waals surface area contributed by atoms with E-state index in [1.807, 2.05) is 31.2 Å². The quantitative estimate of drug-likeness (QED) is 0.500. The molecule has 0 atom stereocenters. The third-order valence-electron chi connectivity index (χ3n) is 4.30. The maximum atomic E-state index is 12.3. The summed E-state index contributed by atoms with van der Waals surface area (Å²) in [6, 6.07) is 10.2. The van der Waals surface area contributed by atoms with Gasteiger partial charge in [0.2, 0.25) is 5.91 Å². The molecule has 1 N–H and O–H groups in total. The zero-order valence-electron chi connectivity index (χ0n) is 16.9. The van der Waals surface area contributed by atoms with Crippen LogP contribution in [0.2, 0.25) is 0 Å². The molecule has 7 heteroatoms. The Labute approximate surface area is 174 Å². The molecule has 0 aliphatic heterocycles. The zero-order chi connectivity index (χ0) is 20.3. The first kappa shape index (κ1) is 20.6. The molecule has 0 radical (unpaired) electrons. The van der Waals surface area contributed by atoms with Crippen molar-refractivity contribution in [3.8, 4) is 11.4 Å². The summed E-state index contributed by atoms with van der Waals surface area (Å²) >= 11 is 3.17. The third-order valence-corrected chi connectivity index (χ3v) is 6.47. The van der Waals surface area contributed by atoms with Gasteiger partial charge in [0.25, 0.3) is 0 Å². The Morgan fingerprint density at radius 2 is 1.89 bits per heavy atom. The van der Waals surface area contributed by atoms with Gasteiger partial charge in [0.1, 0.15) is 0 Å². The van der Waals surface area contributed by atoms with E-state index in [2.05, 4.69) is 59.2 Å². The van der Waals surface area contributed by atoms with Gasteiger partial charge in [-0.05, 0) is 44.9 Å². The van der Waals surface area contributed by atoms with Gasteiger partial charge in [0, 0.05) is 27.5 Å². The number of nitrogens with one attached hydrogen (secondary N) is 1. The highest BCUT2D eigenvalue weighted by molar-refractivity contribution is 7.99. The lowest BCUT2D eigenvalue weighted by molar-refractivity contribution is -0.113. The van der Waals surface area contributed by atoms with Crippen molar-refractivity contribution >= 4 is 34.7 Å². The smallest absolute Gasteiger partial charge is 0.234 e. The Bertz CT molecular complexity index is 942. The van der Waals surface area contributed by atoms with Crippen LogP contribution in [0, 0.1) is 6.92 Å². The Kier molecular flexibility index (Phi) is 6.57. The lowest BCUT2D eigenvalue weighted by atomic mass is 10.1. The summed E-state index contributed by atoms with van der Waals surface area (Å²) in [5, 5.41) is 14.6. The Morgan fingerprint density at radius 3 is 2.50 bits per heavy atom. The predicted octanol–water partition coefficient (Wildman–Crippen LogP) is 5.75. The number of hydrogen-bond donors (Lipinski definition) is 1. The van der Waals surface area contributed by atoms with Crippen molar-refractivity contribution in [2.24, 2.45) is 0 Å². The minimum atomic E-state index is -0.0497. The van der Waals surface area contributed by atoms with Crippen LogP contribution >= 0.6 is 23.1 Å². The van der Waals surface area contributed by atoms with Crippen LogP contribution in [0.15, 0.2) is 40.9 Å². The van der Waals surface area contributed by atoms with Crippen LogP contribution in [0.5, 0.6) is 0 Å². The molecule has 2 heterocycles. The number of benzene rings is 1. The van der Waals surface area contributed by atoms with Crippen LogP contribution in [0.25, 0.3) is 11.4 Å². The average Bonchev–Trinajstić information content (AvgIpc) is 3.28. The van der Waals surface area contributed by atoms with Crippen LogP contribution in [0.4, 0.5) is 5.69 Å². The highest BCUT2D eigenvalue weighted by Crippen LogP contribution is 2.32. The topological polar surface area (TPSA) is 59.8 Å². The van der Waals surface area contributed by atoms with Gasteiger partial charge in [-0.2, -0.15) is 0 Å². The SMILES string of the molecule is Cc1ccc(NC(=O)CSc2nnc(-c3csc(C(C)C)c3)n2C(C)C)cc1. The number of amides is 1. The molecule has 5 nitrogen and oxygen atoms in total. The first-order valence-corrected chi connectivity index (χ1v) is 11.2. The summed E-state index contributed by atoms with van der Waals surface area (Å²) in [4.78, 5) is 13.7. The van der Waals surface area contributed by atoms with Crippen molar-refractivity contribution in [3.05, 3.63) is 46.2 Å². The first-order valence-electron chi connectivity index (χ1n) is 9.38. The second-order valence-electron chi connectivity index (χ2n) is 7.37. The molecule has 1 amide bonds. The Hall–Kier alpha value is -2.12. The van der Waals surface area contributed by atoms with Crippen LogP contribution < -0.4 is 5.32 Å². The zero-order valence-corrected chi connectivity index (χ0v) is 18.5. The lowest BCUT2D eigenvalue weighted by Crippen LogP contribution is -2.15. The summed E-state index contributed by atoms with van der Waals surface area (Å²) in [7, 11) is 0. The molecular formula is C21H26N4OS2. The fourth-order valence-corrected chi connectivity index (χ4v) is 4.55. The molecule has 148 valence electrons. The number of thiophene rings is 1. The highest BCUT2D eigenvalue weighted by Gasteiger charge is 2.19. The van der Waals surface area contributed by atoms with Gasteiger partial charge in [0.05, 0.1) is 5.75 Å². The second kappa shape index (κ2) is 8.92. The van der Waals surface area contributed by atoms with E-state index >= 15 is 0 Å². The van der Waals surface area contributed by atoms with Crippen LogP contribution in [-0.4, -0.2) is 26.4 Å². The second-order valence-corrected chi connectivity index (χ2v) is 9.25. The van der Waals surface area contributed by atoms with Gasteiger partial charge in [-0.25, -0.2) is 0 Å². The summed E-state index contributed by atoms with van der Waals surface area (Å²) in [6.07, 6.45) is 0. The van der Waals surface area contributed by atoms with Gasteiger partial charge in [-0.15, -0.1) is 21.5 Å². The van der Waals surface area contributed by atoms with Gasteiger partial charge in [-0.3, -0.25) is 9.36 Å². The van der Waals surface area contributed by atoms with Gasteiger partial charge in [-0.1, -0.05) is 43.3 Å². The standard InChI is InChI=1S/C21H26N4OS2/c1-13(2)18-10-16(11-27-18)20-23-24-21(25(20)14(3)4)28-12-19(26)22-17-8-6-15(5)7-9-17/h6-11,13-14H,12H2,1-5H3,(H,22,26). The molecule has 2 aromatic heterocycles. The van der Waals surface area contributed by atoms with E-state index in [-0.39, 0.29) is 11.9 Å². The van der Waals surface area contributed by atoms with Gasteiger partial charge < -0.3 is 5.32 Å². The number of nitrogens with zero attached hydrogens (tertiary/aromatic N) is 3. The van der Waals surface area contributed by atoms with Crippen molar-refractivity contribution < 1.29 is 4.79 Å². The van der Waals surface area contributed by atoms with E-state index in [9.17, 15) is 4.79 Å². The molecule has 0 aliphatic carbocycles. The molecule has 0 aliphatic rings. The van der Waals surface area contributed by atoms with E-state index < -0.39 is 0 Å². The number of thioether (sulfide) groups is 1. The molecule has 0 fully saturated rings. The minimum absolute atomic E-state index is 0.0497. The summed E-state index contributed by atoms with van der Waals surface area (Å²) in [6.45, 7) is 10.6. The fraction of sp³-hybridized carbons (Fsp3) is 0.381. The lowest BCUT2D eigenvalue weighted by Gasteiger charge is -2.13. The van der Waals surface area contributed by atoms with Crippen molar-refractivity contribution in [2.75, 3.05) is 11.1 Å². The van der Waals surface area contributed by atoms with Crippen LogP contribution in [-0.2, 0) is 4.79 Å². The van der Waals surface area contributed by atoms with Gasteiger partial charge >= 0.3 is 0 Å². The number of hydrogen-bond acceptors (Lipinski definition) is 5. The normalized spacial score (nSPS) is 11.4. The number of anilines is 1. The van der Waals surface area contributed by atoms with Crippen molar-refractivity contribution in [2.45, 2.75) is 51.7 Å². The third kappa shape index (κ3) is 4.83. The van der Waals surface area contributed by atoms with Gasteiger partial charge in [0.15, 0.2) is 11.0 Å². The molecule has 3 rings (SSSR count). The summed E-state index contributed by atoms with van der Waals surface area (Å²) in [5.41, 5.74) is 3.06. The highest BCUT2D eigenvalue weighted by atomic mass is 32.2. The van der Waals surface area contributed by atoms with E-state index in [0.717, 1.165) is 22.2 Å². The summed E-state index contributed by atoms with van der Waals surface area (Å²) in [5.74, 6) is 1.60. The molecule has 0 unspecified atom stereocenters. The Balaban J connectivity index is 1.72. The number of rotatable bonds is 7. The van der Waals surface area contributed by atoms with Crippen molar-refractivity contribution in [1.29, 1.82) is 0 Å². The van der Waals surface area contributed by atoms with Crippen LogP contribution in [0.3, 0.4) is 0 Å². The fourth-order valence-electron chi connectivity index (χ4n) is 2.77. The van der Waals surface area contributed by atoms with Crippen molar-refractivity contribution in [1.82, 2.24) is 14.8 Å². The largest absolute Gasteiger partial charge is 0.325 e. The van der Waals surface area contributed by atoms with E-state index in [4.69, 9.17) is 0 Å². The molecule has 0 saturated carbocycles. The van der Waals surface area contributed by atoms with E-state index in [0.29, 0.717) is 11.7 Å². The molecular weight excluding hydrogens is 388 g/mol. The average molecular weight is 415 g/mol. The Morgan fingerprint density at radius 1 is 1.18 bits per heavy atom. The maximum Gasteiger partial charge on any atom is 0.234 e.